The van der Waals surface area contributed by atoms with Gasteiger partial charge in [-0.1, -0.05) is 18.7 Å². The Balaban J connectivity index is 2.27. The summed E-state index contributed by atoms with van der Waals surface area (Å²) in [6, 6.07) is 0. The molecule has 2 rings (SSSR count). The molecule has 2 aromatic rings. The van der Waals surface area contributed by atoms with Crippen LogP contribution in [0.4, 0.5) is 5.82 Å². The first-order valence-corrected chi connectivity index (χ1v) is 8.53. The van der Waals surface area contributed by atoms with Crippen LogP contribution in [0, 0.1) is 0 Å². The molecule has 0 aromatic carbocycles. The quantitative estimate of drug-likeness (QED) is 0.430. The second kappa shape index (κ2) is 8.30. The van der Waals surface area contributed by atoms with E-state index in [9.17, 15) is 0 Å². The zero-order valence-corrected chi connectivity index (χ0v) is 14.1. The number of ether oxygens (including phenoxy) is 2. The normalized spacial score (nSPS) is 11.6. The molecule has 7 nitrogen and oxygen atoms in total. The molecule has 0 aliphatic heterocycles. The number of hydrogen-bond acceptors (Lipinski definition) is 7. The van der Waals surface area contributed by atoms with Crippen molar-refractivity contribution >= 4 is 28.6 Å². The van der Waals surface area contributed by atoms with Crippen molar-refractivity contribution in [3.05, 3.63) is 6.20 Å². The number of nitrogens with zero attached hydrogens (tertiary/aromatic N) is 4. The van der Waals surface area contributed by atoms with Crippen LogP contribution in [-0.2, 0) is 16.0 Å². The number of rotatable bonds is 9. The van der Waals surface area contributed by atoms with Crippen LogP contribution < -0.4 is 5.73 Å². The van der Waals surface area contributed by atoms with Gasteiger partial charge in [0.2, 0.25) is 0 Å². The number of thioether (sulfide) groups is 1. The highest BCUT2D eigenvalue weighted by molar-refractivity contribution is 7.99. The summed E-state index contributed by atoms with van der Waals surface area (Å²) in [7, 11) is 0. The number of aromatic nitrogens is 4. The number of anilines is 1. The summed E-state index contributed by atoms with van der Waals surface area (Å²) in [6.07, 6.45) is 2.40. The lowest BCUT2D eigenvalue weighted by Crippen LogP contribution is -2.24. The number of hydrogen-bond donors (Lipinski definition) is 1. The van der Waals surface area contributed by atoms with Gasteiger partial charge in [-0.2, -0.15) is 5.10 Å². The van der Waals surface area contributed by atoms with Crippen molar-refractivity contribution in [1.82, 2.24) is 19.7 Å². The summed E-state index contributed by atoms with van der Waals surface area (Å²) in [6.45, 7) is 7.63. The molecule has 0 atom stereocenters. The van der Waals surface area contributed by atoms with Gasteiger partial charge in [0, 0.05) is 19.0 Å². The minimum atomic E-state index is -0.346. The Kier molecular flexibility index (Phi) is 6.41. The predicted molar refractivity (Wildman–Crippen MR) is 87.8 cm³/mol. The summed E-state index contributed by atoms with van der Waals surface area (Å²) in [4.78, 5) is 8.89. The monoisotopic (exact) mass is 325 g/mol. The lowest BCUT2D eigenvalue weighted by molar-refractivity contribution is -0.144. The zero-order valence-electron chi connectivity index (χ0n) is 13.3. The molecular weight excluding hydrogens is 302 g/mol. The van der Waals surface area contributed by atoms with Crippen molar-refractivity contribution in [2.24, 2.45) is 0 Å². The van der Waals surface area contributed by atoms with E-state index in [0.29, 0.717) is 30.7 Å². The van der Waals surface area contributed by atoms with Gasteiger partial charge in [-0.15, -0.1) is 0 Å². The third-order valence-corrected chi connectivity index (χ3v) is 4.02. The Morgan fingerprint density at radius 1 is 1.23 bits per heavy atom. The third-order valence-electron chi connectivity index (χ3n) is 2.97. The minimum absolute atomic E-state index is 0.346. The Labute approximate surface area is 134 Å². The van der Waals surface area contributed by atoms with Crippen LogP contribution in [-0.4, -0.2) is 45.0 Å². The van der Waals surface area contributed by atoms with Crippen LogP contribution >= 0.6 is 11.8 Å². The number of nitrogens with two attached hydrogens (primary N) is 1. The molecule has 0 saturated heterocycles. The van der Waals surface area contributed by atoms with E-state index in [1.165, 1.54) is 0 Å². The second-order valence-electron chi connectivity index (χ2n) is 4.64. The zero-order chi connectivity index (χ0) is 15.9. The van der Waals surface area contributed by atoms with Crippen LogP contribution in [0.25, 0.3) is 11.0 Å². The van der Waals surface area contributed by atoms with Gasteiger partial charge in [-0.3, -0.25) is 0 Å². The minimum Gasteiger partial charge on any atom is -0.383 e. The van der Waals surface area contributed by atoms with Gasteiger partial charge in [-0.25, -0.2) is 14.6 Å². The lowest BCUT2D eigenvalue weighted by atomic mass is 10.4. The molecule has 0 amide bonds. The summed E-state index contributed by atoms with van der Waals surface area (Å²) in [5.41, 5.74) is 6.73. The fraction of sp³-hybridized carbons (Fsp3) is 0.643. The molecule has 8 heteroatoms. The first-order chi connectivity index (χ1) is 10.7. The summed E-state index contributed by atoms with van der Waals surface area (Å²) in [5, 5.41) is 5.78. The molecule has 122 valence electrons. The first kappa shape index (κ1) is 17.0. The maximum absolute atomic E-state index is 6.01. The van der Waals surface area contributed by atoms with Gasteiger partial charge in [0.25, 0.3) is 0 Å². The smallest absolute Gasteiger partial charge is 0.191 e. The predicted octanol–water partition coefficient (Wildman–Crippen LogP) is 2.31. The fourth-order valence-electron chi connectivity index (χ4n) is 2.01. The lowest BCUT2D eigenvalue weighted by Gasteiger charge is -2.17. The molecular formula is C14H23N5O2S. The van der Waals surface area contributed by atoms with E-state index in [2.05, 4.69) is 22.0 Å². The topological polar surface area (TPSA) is 88.1 Å². The highest BCUT2D eigenvalue weighted by Crippen LogP contribution is 2.23. The SMILES string of the molecule is CCCSc1nc(N)c2cnn(CC(OCC)OCC)c2n1. The van der Waals surface area contributed by atoms with Crippen LogP contribution in [0.3, 0.4) is 0 Å². The van der Waals surface area contributed by atoms with Crippen molar-refractivity contribution in [2.45, 2.75) is 45.2 Å². The molecule has 0 aliphatic carbocycles. The highest BCUT2D eigenvalue weighted by Gasteiger charge is 2.15. The first-order valence-electron chi connectivity index (χ1n) is 7.54. The molecule has 22 heavy (non-hydrogen) atoms. The molecule has 2 aromatic heterocycles. The van der Waals surface area contributed by atoms with Crippen LogP contribution in [0.1, 0.15) is 27.2 Å². The highest BCUT2D eigenvalue weighted by atomic mass is 32.2. The summed E-state index contributed by atoms with van der Waals surface area (Å²) in [5.74, 6) is 1.42. The Bertz CT molecular complexity index is 598. The maximum Gasteiger partial charge on any atom is 0.191 e. The Hall–Kier alpha value is -1.38. The van der Waals surface area contributed by atoms with Crippen LogP contribution in [0.5, 0.6) is 0 Å². The van der Waals surface area contributed by atoms with Gasteiger partial charge < -0.3 is 15.2 Å². The van der Waals surface area contributed by atoms with E-state index in [0.717, 1.165) is 23.2 Å². The maximum atomic E-state index is 6.01. The van der Waals surface area contributed by atoms with E-state index >= 15 is 0 Å². The molecule has 2 heterocycles. The van der Waals surface area contributed by atoms with E-state index in [4.69, 9.17) is 15.2 Å². The van der Waals surface area contributed by atoms with Crippen molar-refractivity contribution in [3.8, 4) is 0 Å². The largest absolute Gasteiger partial charge is 0.383 e. The molecule has 0 spiro atoms. The van der Waals surface area contributed by atoms with Gasteiger partial charge in [0.1, 0.15) is 5.82 Å². The van der Waals surface area contributed by atoms with Gasteiger partial charge in [0.05, 0.1) is 18.1 Å². The fourth-order valence-corrected chi connectivity index (χ4v) is 2.72. The van der Waals surface area contributed by atoms with Gasteiger partial charge >= 0.3 is 0 Å². The average molecular weight is 325 g/mol. The average Bonchev–Trinajstić information content (AvgIpc) is 2.89. The summed E-state index contributed by atoms with van der Waals surface area (Å²) < 4.78 is 12.9. The van der Waals surface area contributed by atoms with Crippen LogP contribution in [0.2, 0.25) is 0 Å². The van der Waals surface area contributed by atoms with Crippen molar-refractivity contribution in [1.29, 1.82) is 0 Å². The van der Waals surface area contributed by atoms with Gasteiger partial charge in [0.15, 0.2) is 17.1 Å². The van der Waals surface area contributed by atoms with Crippen LogP contribution in [0.15, 0.2) is 11.4 Å². The second-order valence-corrected chi connectivity index (χ2v) is 5.71. The Morgan fingerprint density at radius 2 is 1.95 bits per heavy atom. The van der Waals surface area contributed by atoms with E-state index in [1.807, 2.05) is 13.8 Å². The molecule has 0 radical (unpaired) electrons. The molecule has 2 N–H and O–H groups in total. The molecule has 0 unspecified atom stereocenters. The molecule has 0 bridgehead atoms. The van der Waals surface area contributed by atoms with Crippen molar-refractivity contribution in [3.63, 3.8) is 0 Å². The Morgan fingerprint density at radius 3 is 2.59 bits per heavy atom. The molecule has 0 saturated carbocycles. The van der Waals surface area contributed by atoms with Gasteiger partial charge in [-0.05, 0) is 20.3 Å². The standard InChI is InChI=1S/C14H23N5O2S/c1-4-7-22-14-17-12(15)10-8-16-19(13(10)18-14)9-11(20-5-2)21-6-3/h8,11H,4-7,9H2,1-3H3,(H2,15,17,18). The van der Waals surface area contributed by atoms with Crippen molar-refractivity contribution < 1.29 is 9.47 Å². The molecule has 0 aliphatic rings. The van der Waals surface area contributed by atoms with Crippen molar-refractivity contribution in [2.75, 3.05) is 24.7 Å². The van der Waals surface area contributed by atoms with E-state index in [1.54, 1.807) is 22.6 Å². The number of nitrogen functional groups attached to an aromatic ring is 1. The number of fused-ring (bicyclic) bond motifs is 1. The van der Waals surface area contributed by atoms with E-state index in [-0.39, 0.29) is 6.29 Å². The summed E-state index contributed by atoms with van der Waals surface area (Å²) >= 11 is 1.60. The third kappa shape index (κ3) is 4.08. The van der Waals surface area contributed by atoms with E-state index < -0.39 is 0 Å². The molecule has 0 fully saturated rings.